The standard InChI is InChI=1S/C38H31F6N3O3/c39-37(40,41)23-46-35(49)36(31-12-5-3-9-28(31)29-10-4-6-13-32(29)36)20-7-21-50-33-19-18-26(22-45-33)47-34(48)30-11-2-1-8-27(30)24-14-16-25(17-15-24)38(42,43)44/h1-6,8-19,22,34,47-48H,7,20-21,23H2,(H,46,49). The van der Waals surface area contributed by atoms with Gasteiger partial charge in [-0.3, -0.25) is 4.79 Å². The molecule has 1 aliphatic carbocycles. The van der Waals surface area contributed by atoms with Gasteiger partial charge in [0.25, 0.3) is 0 Å². The number of amides is 1. The fraction of sp³-hybridized carbons (Fsp3) is 0.211. The Morgan fingerprint density at radius 3 is 1.96 bits per heavy atom. The molecule has 0 bridgehead atoms. The quantitative estimate of drug-likeness (QED) is 0.0734. The van der Waals surface area contributed by atoms with Crippen LogP contribution in [0.2, 0.25) is 0 Å². The molecule has 0 aliphatic heterocycles. The maximum Gasteiger partial charge on any atom is 0.416 e. The molecule has 6 nitrogen and oxygen atoms in total. The first kappa shape index (κ1) is 34.5. The van der Waals surface area contributed by atoms with Crippen LogP contribution in [-0.4, -0.2) is 35.3 Å². The van der Waals surface area contributed by atoms with Crippen molar-refractivity contribution in [1.29, 1.82) is 0 Å². The van der Waals surface area contributed by atoms with Crippen molar-refractivity contribution in [2.24, 2.45) is 0 Å². The van der Waals surface area contributed by atoms with E-state index in [9.17, 15) is 36.2 Å². The molecule has 5 aromatic rings. The van der Waals surface area contributed by atoms with Gasteiger partial charge in [0.15, 0.2) is 6.23 Å². The van der Waals surface area contributed by atoms with Gasteiger partial charge in [-0.1, -0.05) is 84.9 Å². The number of benzene rings is 4. The molecule has 1 heterocycles. The molecule has 50 heavy (non-hydrogen) atoms. The predicted octanol–water partition coefficient (Wildman–Crippen LogP) is 8.67. The summed E-state index contributed by atoms with van der Waals surface area (Å²) in [6.45, 7) is -1.34. The van der Waals surface area contributed by atoms with E-state index in [4.69, 9.17) is 4.74 Å². The average Bonchev–Trinajstić information content (AvgIpc) is 3.39. The van der Waals surface area contributed by atoms with E-state index in [1.807, 2.05) is 24.3 Å². The smallest absolute Gasteiger partial charge is 0.416 e. The molecule has 1 amide bonds. The lowest BCUT2D eigenvalue weighted by atomic mass is 9.73. The van der Waals surface area contributed by atoms with Gasteiger partial charge in [-0.05, 0) is 64.4 Å². The molecule has 1 atom stereocenters. The summed E-state index contributed by atoms with van der Waals surface area (Å²) >= 11 is 0. The number of alkyl halides is 6. The van der Waals surface area contributed by atoms with Gasteiger partial charge in [0.2, 0.25) is 11.8 Å². The van der Waals surface area contributed by atoms with Crippen molar-refractivity contribution in [3.05, 3.63) is 138 Å². The van der Waals surface area contributed by atoms with Gasteiger partial charge in [0.05, 0.1) is 24.1 Å². The van der Waals surface area contributed by atoms with Gasteiger partial charge in [-0.15, -0.1) is 0 Å². The second-order valence-electron chi connectivity index (χ2n) is 11.8. The Bertz CT molecular complexity index is 1920. The van der Waals surface area contributed by atoms with Crippen molar-refractivity contribution in [2.75, 3.05) is 18.5 Å². The number of nitrogens with zero attached hydrogens (tertiary/aromatic N) is 1. The Morgan fingerprint density at radius 2 is 1.38 bits per heavy atom. The van der Waals surface area contributed by atoms with Crippen LogP contribution >= 0.6 is 0 Å². The average molecular weight is 692 g/mol. The summed E-state index contributed by atoms with van der Waals surface area (Å²) in [5, 5.41) is 16.0. The third kappa shape index (κ3) is 7.16. The van der Waals surface area contributed by atoms with Crippen molar-refractivity contribution >= 4 is 11.6 Å². The summed E-state index contributed by atoms with van der Waals surface area (Å²) in [4.78, 5) is 17.9. The molecule has 3 N–H and O–H groups in total. The second-order valence-corrected chi connectivity index (χ2v) is 11.8. The van der Waals surface area contributed by atoms with E-state index in [-0.39, 0.29) is 18.9 Å². The number of ether oxygens (including phenoxy) is 1. The number of aromatic nitrogens is 1. The van der Waals surface area contributed by atoms with E-state index in [1.165, 1.54) is 18.3 Å². The summed E-state index contributed by atoms with van der Waals surface area (Å²) in [6.07, 6.45) is -8.34. The van der Waals surface area contributed by atoms with Crippen molar-refractivity contribution in [3.63, 3.8) is 0 Å². The Labute approximate surface area is 283 Å². The van der Waals surface area contributed by atoms with E-state index < -0.39 is 42.0 Å². The molecule has 258 valence electrons. The molecule has 0 fully saturated rings. The van der Waals surface area contributed by atoms with Crippen molar-refractivity contribution in [2.45, 2.75) is 36.8 Å². The highest BCUT2D eigenvalue weighted by Crippen LogP contribution is 2.51. The molecule has 0 saturated heterocycles. The zero-order valence-electron chi connectivity index (χ0n) is 26.4. The van der Waals surface area contributed by atoms with Gasteiger partial charge in [0.1, 0.15) is 12.0 Å². The molecule has 6 rings (SSSR count). The third-order valence-corrected chi connectivity index (χ3v) is 8.67. The monoisotopic (exact) mass is 691 g/mol. The van der Waals surface area contributed by atoms with Crippen LogP contribution < -0.4 is 15.4 Å². The summed E-state index contributed by atoms with van der Waals surface area (Å²) in [5.41, 5.74) is 2.65. The zero-order valence-corrected chi connectivity index (χ0v) is 26.4. The molecule has 1 aliphatic rings. The van der Waals surface area contributed by atoms with Gasteiger partial charge < -0.3 is 20.5 Å². The predicted molar refractivity (Wildman–Crippen MR) is 176 cm³/mol. The largest absolute Gasteiger partial charge is 0.478 e. The number of pyridine rings is 1. The maximum atomic E-state index is 13.7. The third-order valence-electron chi connectivity index (χ3n) is 8.67. The van der Waals surface area contributed by atoms with E-state index in [0.29, 0.717) is 39.9 Å². The summed E-state index contributed by atoms with van der Waals surface area (Å²) in [6, 6.07) is 29.1. The minimum atomic E-state index is -4.57. The number of aliphatic hydroxyl groups is 1. The molecular formula is C38H31F6N3O3. The van der Waals surface area contributed by atoms with E-state index in [0.717, 1.165) is 23.3 Å². The number of carbonyl (C=O) groups excluding carboxylic acids is 1. The highest BCUT2D eigenvalue weighted by molar-refractivity contribution is 6.00. The molecule has 0 radical (unpaired) electrons. The Kier molecular flexibility index (Phi) is 9.57. The topological polar surface area (TPSA) is 83.5 Å². The van der Waals surface area contributed by atoms with Crippen LogP contribution in [0.5, 0.6) is 5.88 Å². The number of aliphatic hydroxyl groups excluding tert-OH is 1. The molecule has 1 aromatic heterocycles. The van der Waals surface area contributed by atoms with Crippen LogP contribution in [0.3, 0.4) is 0 Å². The lowest BCUT2D eigenvalue weighted by Gasteiger charge is -2.31. The fourth-order valence-electron chi connectivity index (χ4n) is 6.42. The minimum Gasteiger partial charge on any atom is -0.478 e. The number of fused-ring (bicyclic) bond motifs is 3. The summed E-state index contributed by atoms with van der Waals surface area (Å²) < 4.78 is 84.4. The maximum absolute atomic E-state index is 13.7. The second kappa shape index (κ2) is 13.9. The minimum absolute atomic E-state index is 0.113. The van der Waals surface area contributed by atoms with Gasteiger partial charge in [-0.25, -0.2) is 4.98 Å². The first-order valence-corrected chi connectivity index (χ1v) is 15.7. The molecule has 0 spiro atoms. The van der Waals surface area contributed by atoms with Crippen LogP contribution in [0.4, 0.5) is 32.0 Å². The molecule has 4 aromatic carbocycles. The normalized spacial score (nSPS) is 14.0. The number of halogens is 6. The lowest BCUT2D eigenvalue weighted by Crippen LogP contribution is -2.47. The van der Waals surface area contributed by atoms with Crippen LogP contribution in [0.25, 0.3) is 22.3 Å². The number of anilines is 1. The van der Waals surface area contributed by atoms with Gasteiger partial charge in [0, 0.05) is 11.6 Å². The lowest BCUT2D eigenvalue weighted by molar-refractivity contribution is -0.141. The molecular weight excluding hydrogens is 660 g/mol. The van der Waals surface area contributed by atoms with Crippen LogP contribution in [0.15, 0.2) is 115 Å². The van der Waals surface area contributed by atoms with Crippen molar-refractivity contribution in [1.82, 2.24) is 10.3 Å². The van der Waals surface area contributed by atoms with Crippen molar-refractivity contribution in [3.8, 4) is 28.1 Å². The SMILES string of the molecule is O=C(NCC(F)(F)F)C1(CCCOc2ccc(NC(O)c3ccccc3-c3ccc(C(F)(F)F)cc3)cn2)c2ccccc2-c2ccccc21. The van der Waals surface area contributed by atoms with Gasteiger partial charge >= 0.3 is 12.4 Å². The van der Waals surface area contributed by atoms with E-state index in [1.54, 1.807) is 60.7 Å². The number of rotatable bonds is 11. The fourth-order valence-corrected chi connectivity index (χ4v) is 6.42. The Balaban J connectivity index is 1.12. The van der Waals surface area contributed by atoms with E-state index in [2.05, 4.69) is 15.6 Å². The van der Waals surface area contributed by atoms with Gasteiger partial charge in [-0.2, -0.15) is 26.3 Å². The number of hydrogen-bond acceptors (Lipinski definition) is 5. The number of nitrogens with one attached hydrogen (secondary N) is 2. The Morgan fingerprint density at radius 1 is 0.780 bits per heavy atom. The Hall–Kier alpha value is -5.36. The van der Waals surface area contributed by atoms with Crippen LogP contribution in [0.1, 0.15) is 41.3 Å². The van der Waals surface area contributed by atoms with Crippen LogP contribution in [0, 0.1) is 0 Å². The highest BCUT2D eigenvalue weighted by atomic mass is 19.4. The highest BCUT2D eigenvalue weighted by Gasteiger charge is 2.49. The first-order chi connectivity index (χ1) is 23.9. The number of hydrogen-bond donors (Lipinski definition) is 3. The first-order valence-electron chi connectivity index (χ1n) is 15.7. The molecule has 0 saturated carbocycles. The summed E-state index contributed by atoms with van der Waals surface area (Å²) in [7, 11) is 0. The molecule has 12 heteroatoms. The molecule has 1 unspecified atom stereocenters. The van der Waals surface area contributed by atoms with Crippen molar-refractivity contribution < 1.29 is 41.0 Å². The van der Waals surface area contributed by atoms with E-state index >= 15 is 0 Å². The number of carbonyl (C=O) groups is 1. The summed E-state index contributed by atoms with van der Waals surface area (Å²) in [5.74, 6) is -0.489. The van der Waals surface area contributed by atoms with Crippen LogP contribution in [-0.2, 0) is 16.4 Å². The zero-order chi connectivity index (χ0) is 35.5.